The molecule has 3 nitrogen and oxygen atoms in total. The third kappa shape index (κ3) is 3.08. The maximum absolute atomic E-state index is 12.8. The van der Waals surface area contributed by atoms with Gasteiger partial charge in [-0.05, 0) is 18.3 Å². The van der Waals surface area contributed by atoms with Gasteiger partial charge in [0.25, 0.3) is 0 Å². The summed E-state index contributed by atoms with van der Waals surface area (Å²) in [5.74, 6) is -0.0386. The molecule has 2 atom stereocenters. The van der Waals surface area contributed by atoms with Crippen molar-refractivity contribution in [3.05, 3.63) is 0 Å². The number of halogens is 2. The minimum Gasteiger partial charge on any atom is -0.354 e. The molecule has 1 saturated carbocycles. The Kier molecular flexibility index (Phi) is 4.56. The predicted octanol–water partition coefficient (Wildman–Crippen LogP) is 1.41. The summed E-state index contributed by atoms with van der Waals surface area (Å²) < 4.78 is 12.8. The van der Waals surface area contributed by atoms with Crippen molar-refractivity contribution in [1.82, 2.24) is 10.6 Å². The molecule has 2 fully saturated rings. The topological polar surface area (TPSA) is 41.1 Å². The highest BCUT2D eigenvalue weighted by Crippen LogP contribution is 2.39. The highest BCUT2D eigenvalue weighted by atomic mass is 35.5. The van der Waals surface area contributed by atoms with Crippen molar-refractivity contribution < 1.29 is 9.18 Å². The van der Waals surface area contributed by atoms with E-state index in [1.165, 1.54) is 19.3 Å². The second-order valence-corrected chi connectivity index (χ2v) is 5.18. The lowest BCUT2D eigenvalue weighted by atomic mass is 9.70. The van der Waals surface area contributed by atoms with Gasteiger partial charge in [0.05, 0.1) is 6.04 Å². The number of carbonyl (C=O) groups is 1. The van der Waals surface area contributed by atoms with Crippen LogP contribution >= 0.6 is 12.4 Å². The Balaban J connectivity index is 0.00000128. The third-order valence-corrected chi connectivity index (χ3v) is 3.64. The first-order valence-corrected chi connectivity index (χ1v) is 5.74. The zero-order valence-corrected chi connectivity index (χ0v) is 10.4. The van der Waals surface area contributed by atoms with Crippen LogP contribution in [-0.4, -0.2) is 31.2 Å². The predicted molar refractivity (Wildman–Crippen MR) is 63.5 cm³/mol. The van der Waals surface area contributed by atoms with Crippen LogP contribution in [-0.2, 0) is 4.79 Å². The van der Waals surface area contributed by atoms with Gasteiger partial charge in [0.2, 0.25) is 5.91 Å². The normalized spacial score (nSPS) is 31.4. The first-order valence-electron chi connectivity index (χ1n) is 5.74. The standard InChI is InChI=1S/C11H19FN2O.ClH/c1-11(3-2-4-11)7-14-10(15)9-5-8(12)6-13-9;/h8-9,13H,2-7H2,1H3,(H,14,15);1H/t8-,9+;/m0./s1. The van der Waals surface area contributed by atoms with Gasteiger partial charge in [0.1, 0.15) is 6.17 Å². The van der Waals surface area contributed by atoms with E-state index in [0.717, 1.165) is 6.54 Å². The molecule has 94 valence electrons. The van der Waals surface area contributed by atoms with Crippen molar-refractivity contribution in [3.63, 3.8) is 0 Å². The molecular formula is C11H20ClFN2O. The summed E-state index contributed by atoms with van der Waals surface area (Å²) in [5, 5.41) is 5.81. The highest BCUT2D eigenvalue weighted by molar-refractivity contribution is 5.85. The molecule has 0 aromatic carbocycles. The van der Waals surface area contributed by atoms with Crippen LogP contribution in [0.5, 0.6) is 0 Å². The van der Waals surface area contributed by atoms with Crippen molar-refractivity contribution in [2.24, 2.45) is 5.41 Å². The molecule has 2 aliphatic rings. The molecule has 0 unspecified atom stereocenters. The smallest absolute Gasteiger partial charge is 0.237 e. The fraction of sp³-hybridized carbons (Fsp3) is 0.909. The number of nitrogens with one attached hydrogen (secondary N) is 2. The average molecular weight is 251 g/mol. The minimum atomic E-state index is -0.861. The van der Waals surface area contributed by atoms with Crippen molar-refractivity contribution in [2.75, 3.05) is 13.1 Å². The quantitative estimate of drug-likeness (QED) is 0.795. The van der Waals surface area contributed by atoms with Gasteiger partial charge in [-0.1, -0.05) is 13.3 Å². The first-order chi connectivity index (χ1) is 7.09. The Morgan fingerprint density at radius 2 is 2.25 bits per heavy atom. The Morgan fingerprint density at radius 3 is 2.69 bits per heavy atom. The van der Waals surface area contributed by atoms with Crippen LogP contribution in [0.3, 0.4) is 0 Å². The van der Waals surface area contributed by atoms with E-state index < -0.39 is 6.17 Å². The molecule has 1 saturated heterocycles. The van der Waals surface area contributed by atoms with E-state index in [0.29, 0.717) is 18.4 Å². The van der Waals surface area contributed by atoms with E-state index in [-0.39, 0.29) is 24.4 Å². The van der Waals surface area contributed by atoms with Gasteiger partial charge >= 0.3 is 0 Å². The van der Waals surface area contributed by atoms with Crippen molar-refractivity contribution in [1.29, 1.82) is 0 Å². The molecule has 0 radical (unpaired) electrons. The summed E-state index contributed by atoms with van der Waals surface area (Å²) in [5.41, 5.74) is 0.295. The number of alkyl halides is 1. The Hall–Kier alpha value is -0.350. The summed E-state index contributed by atoms with van der Waals surface area (Å²) in [6.45, 7) is 3.24. The second-order valence-electron chi connectivity index (χ2n) is 5.18. The number of rotatable bonds is 3. The highest BCUT2D eigenvalue weighted by Gasteiger charge is 2.34. The zero-order chi connectivity index (χ0) is 10.9. The molecule has 2 N–H and O–H groups in total. The number of carbonyl (C=O) groups excluding carboxylic acids is 1. The lowest BCUT2D eigenvalue weighted by molar-refractivity contribution is -0.123. The average Bonchev–Trinajstić information content (AvgIpc) is 2.58. The summed E-state index contributed by atoms with van der Waals surface area (Å²) in [7, 11) is 0. The maximum Gasteiger partial charge on any atom is 0.237 e. The van der Waals surface area contributed by atoms with Crippen LogP contribution in [0.2, 0.25) is 0 Å². The fourth-order valence-corrected chi connectivity index (χ4v) is 2.27. The molecule has 0 aromatic heterocycles. The molecule has 0 spiro atoms. The summed E-state index contributed by atoms with van der Waals surface area (Å²) in [6.07, 6.45) is 3.11. The molecular weight excluding hydrogens is 231 g/mol. The summed E-state index contributed by atoms with van der Waals surface area (Å²) in [4.78, 5) is 11.6. The molecule has 0 bridgehead atoms. The Bertz CT molecular complexity index is 258. The van der Waals surface area contributed by atoms with Crippen LogP contribution < -0.4 is 10.6 Å². The van der Waals surface area contributed by atoms with E-state index in [2.05, 4.69) is 17.6 Å². The lowest BCUT2D eigenvalue weighted by Crippen LogP contribution is -2.46. The van der Waals surface area contributed by atoms with Crippen LogP contribution in [0.25, 0.3) is 0 Å². The summed E-state index contributed by atoms with van der Waals surface area (Å²) >= 11 is 0. The van der Waals surface area contributed by atoms with Gasteiger partial charge in [0.15, 0.2) is 0 Å². The number of amides is 1. The van der Waals surface area contributed by atoms with Crippen molar-refractivity contribution in [2.45, 2.75) is 44.8 Å². The molecule has 1 aliphatic heterocycles. The molecule has 2 rings (SSSR count). The van der Waals surface area contributed by atoms with Crippen LogP contribution in [0, 0.1) is 5.41 Å². The van der Waals surface area contributed by atoms with E-state index in [9.17, 15) is 9.18 Å². The largest absolute Gasteiger partial charge is 0.354 e. The molecule has 16 heavy (non-hydrogen) atoms. The van der Waals surface area contributed by atoms with Gasteiger partial charge in [-0.3, -0.25) is 4.79 Å². The lowest BCUT2D eigenvalue weighted by Gasteiger charge is -2.38. The zero-order valence-electron chi connectivity index (χ0n) is 9.59. The summed E-state index contributed by atoms with van der Waals surface area (Å²) in [6, 6.07) is -0.316. The number of hydrogen-bond acceptors (Lipinski definition) is 2. The van der Waals surface area contributed by atoms with E-state index in [1.54, 1.807) is 0 Å². The third-order valence-electron chi connectivity index (χ3n) is 3.64. The Morgan fingerprint density at radius 1 is 1.56 bits per heavy atom. The van der Waals surface area contributed by atoms with E-state index in [4.69, 9.17) is 0 Å². The molecule has 5 heteroatoms. The molecule has 1 aliphatic carbocycles. The van der Waals surface area contributed by atoms with Gasteiger partial charge in [-0.2, -0.15) is 0 Å². The van der Waals surface area contributed by atoms with Gasteiger partial charge in [0, 0.05) is 19.5 Å². The number of hydrogen-bond donors (Lipinski definition) is 2. The van der Waals surface area contributed by atoms with Gasteiger partial charge in [-0.15, -0.1) is 12.4 Å². The molecule has 1 amide bonds. The molecule has 1 heterocycles. The van der Waals surface area contributed by atoms with Crippen LogP contribution in [0.4, 0.5) is 4.39 Å². The SMILES string of the molecule is CC1(CNC(=O)[C@H]2C[C@H](F)CN2)CCC1.Cl. The van der Waals surface area contributed by atoms with Gasteiger partial charge < -0.3 is 10.6 Å². The van der Waals surface area contributed by atoms with Crippen molar-refractivity contribution in [3.8, 4) is 0 Å². The molecule has 0 aromatic rings. The first kappa shape index (κ1) is 13.7. The Labute approximate surface area is 102 Å². The fourth-order valence-electron chi connectivity index (χ4n) is 2.27. The minimum absolute atomic E-state index is 0. The van der Waals surface area contributed by atoms with Crippen molar-refractivity contribution >= 4 is 18.3 Å². The second kappa shape index (κ2) is 5.32. The van der Waals surface area contributed by atoms with E-state index in [1.807, 2.05) is 0 Å². The van der Waals surface area contributed by atoms with Crippen LogP contribution in [0.1, 0.15) is 32.6 Å². The monoisotopic (exact) mass is 250 g/mol. The maximum atomic E-state index is 12.8. The van der Waals surface area contributed by atoms with Gasteiger partial charge in [-0.25, -0.2) is 4.39 Å². The van der Waals surface area contributed by atoms with Crippen LogP contribution in [0.15, 0.2) is 0 Å². The van der Waals surface area contributed by atoms with E-state index >= 15 is 0 Å².